The molecule has 0 N–H and O–H groups in total. The Balaban J connectivity index is 1.65. The van der Waals surface area contributed by atoms with Crippen molar-refractivity contribution in [1.82, 2.24) is 9.21 Å². The molecule has 0 saturated carbocycles. The third-order valence-corrected chi connectivity index (χ3v) is 9.42. The van der Waals surface area contributed by atoms with Crippen LogP contribution in [0.5, 0.6) is 0 Å². The summed E-state index contributed by atoms with van der Waals surface area (Å²) in [6.45, 7) is 3.95. The van der Waals surface area contributed by atoms with E-state index < -0.39 is 19.9 Å². The van der Waals surface area contributed by atoms with E-state index in [0.717, 1.165) is 4.88 Å². The zero-order valence-electron chi connectivity index (χ0n) is 12.4. The lowest BCUT2D eigenvalue weighted by molar-refractivity contribution is 0.148. The zero-order chi connectivity index (χ0) is 16.0. The van der Waals surface area contributed by atoms with Crippen LogP contribution in [0.15, 0.2) is 16.3 Å². The maximum absolute atomic E-state index is 12.6. The smallest absolute Gasteiger partial charge is 0.252 e. The first-order valence-electron chi connectivity index (χ1n) is 7.29. The predicted molar refractivity (Wildman–Crippen MR) is 86.4 cm³/mol. The Morgan fingerprint density at radius 3 is 2.36 bits per heavy atom. The van der Waals surface area contributed by atoms with Crippen LogP contribution in [0.3, 0.4) is 0 Å². The Hall–Kier alpha value is -0.480. The van der Waals surface area contributed by atoms with Crippen molar-refractivity contribution in [3.63, 3.8) is 0 Å². The average Bonchev–Trinajstić information content (AvgIpc) is 3.05. The molecule has 124 valence electrons. The number of hydrogen-bond acceptors (Lipinski definition) is 6. The molecule has 2 saturated heterocycles. The molecule has 6 nitrogen and oxygen atoms in total. The molecule has 0 spiro atoms. The van der Waals surface area contributed by atoms with Crippen LogP contribution in [0.2, 0.25) is 0 Å². The van der Waals surface area contributed by atoms with Crippen molar-refractivity contribution in [3.8, 4) is 0 Å². The number of thiophene rings is 1. The first-order valence-corrected chi connectivity index (χ1v) is 11.4. The minimum Gasteiger partial charge on any atom is -0.297 e. The molecule has 22 heavy (non-hydrogen) atoms. The Morgan fingerprint density at radius 1 is 1.18 bits per heavy atom. The largest absolute Gasteiger partial charge is 0.297 e. The molecular formula is C13H20N2O4S3. The molecule has 9 heteroatoms. The summed E-state index contributed by atoms with van der Waals surface area (Å²) in [7, 11) is -6.30. The van der Waals surface area contributed by atoms with E-state index in [-0.39, 0.29) is 17.5 Å². The summed E-state index contributed by atoms with van der Waals surface area (Å²) < 4.78 is 50.1. The molecule has 1 aromatic rings. The highest BCUT2D eigenvalue weighted by Crippen LogP contribution is 2.26. The number of nitrogens with zero attached hydrogens (tertiary/aromatic N) is 2. The minimum absolute atomic E-state index is 0.0545. The van der Waals surface area contributed by atoms with Gasteiger partial charge in [0.05, 0.1) is 11.5 Å². The molecule has 1 unspecified atom stereocenters. The van der Waals surface area contributed by atoms with Crippen LogP contribution < -0.4 is 0 Å². The first-order chi connectivity index (χ1) is 10.3. The summed E-state index contributed by atoms with van der Waals surface area (Å²) in [6.07, 6.45) is 0.666. The first kappa shape index (κ1) is 16.4. The summed E-state index contributed by atoms with van der Waals surface area (Å²) in [5.41, 5.74) is 0. The summed E-state index contributed by atoms with van der Waals surface area (Å²) in [6, 6.07) is 3.53. The number of rotatable bonds is 3. The van der Waals surface area contributed by atoms with Crippen LogP contribution >= 0.6 is 11.3 Å². The van der Waals surface area contributed by atoms with Crippen molar-refractivity contribution >= 4 is 31.2 Å². The van der Waals surface area contributed by atoms with E-state index in [2.05, 4.69) is 4.90 Å². The SMILES string of the molecule is Cc1ccc(S(=O)(=O)N2CCN(C3CCS(=O)(=O)C3)CC2)s1. The fourth-order valence-electron chi connectivity index (χ4n) is 3.05. The molecular weight excluding hydrogens is 344 g/mol. The molecule has 3 heterocycles. The van der Waals surface area contributed by atoms with Crippen molar-refractivity contribution < 1.29 is 16.8 Å². The Bertz CT molecular complexity index is 746. The van der Waals surface area contributed by atoms with Gasteiger partial charge in [0.2, 0.25) is 0 Å². The maximum atomic E-state index is 12.6. The topological polar surface area (TPSA) is 74.8 Å². The lowest BCUT2D eigenvalue weighted by Crippen LogP contribution is -2.52. The molecule has 0 bridgehead atoms. The van der Waals surface area contributed by atoms with Crippen molar-refractivity contribution in [2.24, 2.45) is 0 Å². The van der Waals surface area contributed by atoms with Crippen LogP contribution in [-0.2, 0) is 19.9 Å². The van der Waals surface area contributed by atoms with Gasteiger partial charge in [-0.2, -0.15) is 4.31 Å². The van der Waals surface area contributed by atoms with Crippen LogP contribution in [0.1, 0.15) is 11.3 Å². The standard InChI is InChI=1S/C13H20N2O4S3/c1-11-2-3-13(20-11)22(18,19)15-7-5-14(6-8-15)12-4-9-21(16,17)10-12/h2-3,12H,4-10H2,1H3. The van der Waals surface area contributed by atoms with Crippen LogP contribution in [0.25, 0.3) is 0 Å². The van der Waals surface area contributed by atoms with Gasteiger partial charge in [-0.05, 0) is 25.5 Å². The van der Waals surface area contributed by atoms with Gasteiger partial charge < -0.3 is 0 Å². The Kier molecular flexibility index (Phi) is 4.36. The second kappa shape index (κ2) is 5.86. The van der Waals surface area contributed by atoms with Gasteiger partial charge in [-0.3, -0.25) is 4.90 Å². The van der Waals surface area contributed by atoms with E-state index in [9.17, 15) is 16.8 Å². The van der Waals surface area contributed by atoms with Crippen molar-refractivity contribution in [2.75, 3.05) is 37.7 Å². The van der Waals surface area contributed by atoms with E-state index in [4.69, 9.17) is 0 Å². The van der Waals surface area contributed by atoms with E-state index in [1.165, 1.54) is 15.6 Å². The van der Waals surface area contributed by atoms with Gasteiger partial charge in [0.25, 0.3) is 10.0 Å². The van der Waals surface area contributed by atoms with E-state index in [1.807, 2.05) is 13.0 Å². The minimum atomic E-state index is -3.40. The number of aryl methyl sites for hydroxylation is 1. The van der Waals surface area contributed by atoms with Gasteiger partial charge >= 0.3 is 0 Å². The van der Waals surface area contributed by atoms with Gasteiger partial charge in [-0.25, -0.2) is 16.8 Å². The molecule has 0 radical (unpaired) electrons. The maximum Gasteiger partial charge on any atom is 0.252 e. The summed E-state index contributed by atoms with van der Waals surface area (Å²) >= 11 is 1.29. The molecule has 1 aromatic heterocycles. The number of sulfonamides is 1. The monoisotopic (exact) mass is 364 g/mol. The molecule has 0 aromatic carbocycles. The lowest BCUT2D eigenvalue weighted by Gasteiger charge is -2.36. The van der Waals surface area contributed by atoms with Crippen molar-refractivity contribution in [3.05, 3.63) is 17.0 Å². The summed E-state index contributed by atoms with van der Waals surface area (Å²) in [4.78, 5) is 3.10. The number of sulfone groups is 1. The molecule has 3 rings (SSSR count). The number of piperazine rings is 1. The normalized spacial score (nSPS) is 27.2. The van der Waals surface area contributed by atoms with Crippen molar-refractivity contribution in [2.45, 2.75) is 23.6 Å². The van der Waals surface area contributed by atoms with E-state index in [1.54, 1.807) is 6.07 Å². The fraction of sp³-hybridized carbons (Fsp3) is 0.692. The van der Waals surface area contributed by atoms with Gasteiger partial charge in [0.15, 0.2) is 9.84 Å². The van der Waals surface area contributed by atoms with Crippen LogP contribution in [0, 0.1) is 6.92 Å². The second-order valence-corrected chi connectivity index (χ2v) is 11.5. The molecule has 1 atom stereocenters. The third-order valence-electron chi connectivity index (χ3n) is 4.31. The van der Waals surface area contributed by atoms with E-state index in [0.29, 0.717) is 36.8 Å². The van der Waals surface area contributed by atoms with Crippen LogP contribution in [-0.4, -0.2) is 69.8 Å². The lowest BCUT2D eigenvalue weighted by atomic mass is 10.2. The predicted octanol–water partition coefficient (Wildman–Crippen LogP) is 0.550. The Labute approximate surface area is 135 Å². The summed E-state index contributed by atoms with van der Waals surface area (Å²) in [5.74, 6) is 0.467. The van der Waals surface area contributed by atoms with Gasteiger partial charge in [-0.15, -0.1) is 11.3 Å². The number of hydrogen-bond donors (Lipinski definition) is 0. The fourth-order valence-corrected chi connectivity index (χ4v) is 7.67. The van der Waals surface area contributed by atoms with Gasteiger partial charge in [-0.1, -0.05) is 0 Å². The molecule has 2 aliphatic heterocycles. The molecule has 2 aliphatic rings. The third kappa shape index (κ3) is 3.23. The van der Waals surface area contributed by atoms with Crippen LogP contribution in [0.4, 0.5) is 0 Å². The van der Waals surface area contributed by atoms with E-state index >= 15 is 0 Å². The van der Waals surface area contributed by atoms with Gasteiger partial charge in [0.1, 0.15) is 4.21 Å². The van der Waals surface area contributed by atoms with Gasteiger partial charge in [0, 0.05) is 37.1 Å². The zero-order valence-corrected chi connectivity index (χ0v) is 14.9. The molecule has 0 aliphatic carbocycles. The highest BCUT2D eigenvalue weighted by Gasteiger charge is 2.36. The highest BCUT2D eigenvalue weighted by molar-refractivity contribution is 7.91. The highest BCUT2D eigenvalue weighted by atomic mass is 32.2. The quantitative estimate of drug-likeness (QED) is 0.783. The summed E-state index contributed by atoms with van der Waals surface area (Å²) in [5, 5.41) is 0. The molecule has 2 fully saturated rings. The second-order valence-electron chi connectivity index (χ2n) is 5.86. The Morgan fingerprint density at radius 2 is 1.86 bits per heavy atom. The molecule has 0 amide bonds. The van der Waals surface area contributed by atoms with Crippen molar-refractivity contribution in [1.29, 1.82) is 0 Å². The average molecular weight is 365 g/mol.